The van der Waals surface area contributed by atoms with E-state index in [1.54, 1.807) is 0 Å². The molecule has 0 aliphatic carbocycles. The first kappa shape index (κ1) is 13.0. The van der Waals surface area contributed by atoms with Gasteiger partial charge in [0.1, 0.15) is 5.75 Å². The summed E-state index contributed by atoms with van der Waals surface area (Å²) in [6.45, 7) is 8.72. The van der Waals surface area contributed by atoms with Gasteiger partial charge in [0.2, 0.25) is 0 Å². The molecule has 0 heterocycles. The first-order chi connectivity index (χ1) is 7.54. The van der Waals surface area contributed by atoms with Crippen LogP contribution in [0.5, 0.6) is 5.75 Å². The maximum atomic E-state index is 10.5. The Morgan fingerprint density at radius 1 is 1.19 bits per heavy atom. The van der Waals surface area contributed by atoms with Gasteiger partial charge in [-0.05, 0) is 37.0 Å². The molecule has 16 heavy (non-hydrogen) atoms. The zero-order chi connectivity index (χ0) is 12.2. The SMILES string of the molecule is CCOc1ccc(C(O)(CC)C(C)C)cc1. The lowest BCUT2D eigenvalue weighted by molar-refractivity contribution is -0.0140. The van der Waals surface area contributed by atoms with Crippen molar-refractivity contribution in [3.05, 3.63) is 29.8 Å². The van der Waals surface area contributed by atoms with Crippen molar-refractivity contribution in [1.82, 2.24) is 0 Å². The predicted molar refractivity (Wildman–Crippen MR) is 66.6 cm³/mol. The molecule has 0 saturated heterocycles. The highest BCUT2D eigenvalue weighted by atomic mass is 16.5. The van der Waals surface area contributed by atoms with Gasteiger partial charge in [-0.15, -0.1) is 0 Å². The van der Waals surface area contributed by atoms with E-state index in [1.165, 1.54) is 0 Å². The molecular weight excluding hydrogens is 200 g/mol. The van der Waals surface area contributed by atoms with E-state index in [2.05, 4.69) is 0 Å². The Balaban J connectivity index is 2.95. The number of aliphatic hydroxyl groups is 1. The fraction of sp³-hybridized carbons (Fsp3) is 0.571. The molecular formula is C14H22O2. The summed E-state index contributed by atoms with van der Waals surface area (Å²) in [5, 5.41) is 10.5. The Hall–Kier alpha value is -1.02. The van der Waals surface area contributed by atoms with Crippen molar-refractivity contribution in [3.63, 3.8) is 0 Å². The Labute approximate surface area is 98.3 Å². The molecule has 1 aromatic carbocycles. The molecule has 0 aliphatic rings. The van der Waals surface area contributed by atoms with Crippen molar-refractivity contribution < 1.29 is 9.84 Å². The molecule has 0 bridgehead atoms. The number of hydrogen-bond donors (Lipinski definition) is 1. The van der Waals surface area contributed by atoms with Crippen molar-refractivity contribution >= 4 is 0 Å². The van der Waals surface area contributed by atoms with Crippen molar-refractivity contribution in [2.45, 2.75) is 39.7 Å². The second-order valence-corrected chi connectivity index (χ2v) is 4.39. The minimum absolute atomic E-state index is 0.204. The summed E-state index contributed by atoms with van der Waals surface area (Å²) in [4.78, 5) is 0. The summed E-state index contributed by atoms with van der Waals surface area (Å²) in [5.41, 5.74) is 0.235. The van der Waals surface area contributed by atoms with Crippen molar-refractivity contribution in [2.24, 2.45) is 5.92 Å². The Morgan fingerprint density at radius 3 is 2.12 bits per heavy atom. The Bertz CT molecular complexity index is 316. The van der Waals surface area contributed by atoms with Gasteiger partial charge in [-0.3, -0.25) is 0 Å². The van der Waals surface area contributed by atoms with Crippen LogP contribution in [0.1, 0.15) is 39.7 Å². The van der Waals surface area contributed by atoms with E-state index in [1.807, 2.05) is 52.0 Å². The van der Waals surface area contributed by atoms with Crippen LogP contribution in [0.15, 0.2) is 24.3 Å². The first-order valence-corrected chi connectivity index (χ1v) is 6.00. The summed E-state index contributed by atoms with van der Waals surface area (Å²) in [6.07, 6.45) is 0.721. The lowest BCUT2D eigenvalue weighted by Gasteiger charge is -2.31. The summed E-state index contributed by atoms with van der Waals surface area (Å²) in [7, 11) is 0. The van der Waals surface area contributed by atoms with Crippen molar-refractivity contribution in [3.8, 4) is 5.75 Å². The molecule has 0 radical (unpaired) electrons. The average molecular weight is 222 g/mol. The number of ether oxygens (including phenoxy) is 1. The first-order valence-electron chi connectivity index (χ1n) is 6.00. The van der Waals surface area contributed by atoms with Gasteiger partial charge in [0.25, 0.3) is 0 Å². The molecule has 1 atom stereocenters. The Morgan fingerprint density at radius 2 is 1.75 bits per heavy atom. The third kappa shape index (κ3) is 2.56. The van der Waals surface area contributed by atoms with Crippen molar-refractivity contribution in [1.29, 1.82) is 0 Å². The van der Waals surface area contributed by atoms with E-state index in [0.717, 1.165) is 17.7 Å². The molecule has 0 spiro atoms. The van der Waals surface area contributed by atoms with Gasteiger partial charge in [0.05, 0.1) is 12.2 Å². The molecule has 0 saturated carbocycles. The maximum absolute atomic E-state index is 10.5. The lowest BCUT2D eigenvalue weighted by Crippen LogP contribution is -2.31. The van der Waals surface area contributed by atoms with E-state index in [-0.39, 0.29) is 5.92 Å². The Kier molecular flexibility index (Phi) is 4.36. The standard InChI is InChI=1S/C14H22O2/c1-5-14(15,11(3)4)12-7-9-13(10-8-12)16-6-2/h7-11,15H,5-6H2,1-4H3. The van der Waals surface area contributed by atoms with Gasteiger partial charge in [-0.1, -0.05) is 32.9 Å². The van der Waals surface area contributed by atoms with Crippen LogP contribution < -0.4 is 4.74 Å². The molecule has 1 rings (SSSR count). The highest BCUT2D eigenvalue weighted by Gasteiger charge is 2.30. The van der Waals surface area contributed by atoms with E-state index < -0.39 is 5.60 Å². The van der Waals surface area contributed by atoms with E-state index in [0.29, 0.717) is 6.61 Å². The van der Waals surface area contributed by atoms with Crippen LogP contribution in [0.3, 0.4) is 0 Å². The molecule has 0 amide bonds. The number of hydrogen-bond acceptors (Lipinski definition) is 2. The highest BCUT2D eigenvalue weighted by Crippen LogP contribution is 2.33. The lowest BCUT2D eigenvalue weighted by atomic mass is 9.81. The van der Waals surface area contributed by atoms with Gasteiger partial charge in [0, 0.05) is 0 Å². The van der Waals surface area contributed by atoms with Crippen LogP contribution in [-0.4, -0.2) is 11.7 Å². The quantitative estimate of drug-likeness (QED) is 0.828. The molecule has 1 aromatic rings. The molecule has 90 valence electrons. The van der Waals surface area contributed by atoms with Crippen LogP contribution in [-0.2, 0) is 5.60 Å². The molecule has 0 aliphatic heterocycles. The molecule has 2 heteroatoms. The molecule has 0 fully saturated rings. The van der Waals surface area contributed by atoms with E-state index >= 15 is 0 Å². The molecule has 0 aromatic heterocycles. The predicted octanol–water partition coefficient (Wildman–Crippen LogP) is 3.34. The minimum Gasteiger partial charge on any atom is -0.494 e. The van der Waals surface area contributed by atoms with Gasteiger partial charge >= 0.3 is 0 Å². The summed E-state index contributed by atoms with van der Waals surface area (Å²) >= 11 is 0. The van der Waals surface area contributed by atoms with Crippen LogP contribution in [0.4, 0.5) is 0 Å². The van der Waals surface area contributed by atoms with Gasteiger partial charge < -0.3 is 9.84 Å². The largest absolute Gasteiger partial charge is 0.494 e. The highest BCUT2D eigenvalue weighted by molar-refractivity contribution is 5.31. The van der Waals surface area contributed by atoms with Gasteiger partial charge in [-0.2, -0.15) is 0 Å². The average Bonchev–Trinajstić information content (AvgIpc) is 2.29. The molecule has 1 unspecified atom stereocenters. The second kappa shape index (κ2) is 5.35. The van der Waals surface area contributed by atoms with E-state index in [9.17, 15) is 5.11 Å². The summed E-state index contributed by atoms with van der Waals surface area (Å²) in [6, 6.07) is 7.74. The topological polar surface area (TPSA) is 29.5 Å². The van der Waals surface area contributed by atoms with Gasteiger partial charge in [-0.25, -0.2) is 0 Å². The number of benzene rings is 1. The smallest absolute Gasteiger partial charge is 0.119 e. The fourth-order valence-corrected chi connectivity index (χ4v) is 1.95. The zero-order valence-electron chi connectivity index (χ0n) is 10.7. The van der Waals surface area contributed by atoms with E-state index in [4.69, 9.17) is 4.74 Å². The maximum Gasteiger partial charge on any atom is 0.119 e. The van der Waals surface area contributed by atoms with Crippen LogP contribution in [0, 0.1) is 5.92 Å². The zero-order valence-corrected chi connectivity index (χ0v) is 10.7. The summed E-state index contributed by atoms with van der Waals surface area (Å²) in [5.74, 6) is 1.06. The van der Waals surface area contributed by atoms with Crippen molar-refractivity contribution in [2.75, 3.05) is 6.61 Å². The molecule has 1 N–H and O–H groups in total. The third-order valence-electron chi connectivity index (χ3n) is 3.16. The molecule has 2 nitrogen and oxygen atoms in total. The van der Waals surface area contributed by atoms with Crippen LogP contribution >= 0.6 is 0 Å². The minimum atomic E-state index is -0.731. The fourth-order valence-electron chi connectivity index (χ4n) is 1.95. The summed E-state index contributed by atoms with van der Waals surface area (Å²) < 4.78 is 5.39. The monoisotopic (exact) mass is 222 g/mol. The van der Waals surface area contributed by atoms with Gasteiger partial charge in [0.15, 0.2) is 0 Å². The third-order valence-corrected chi connectivity index (χ3v) is 3.16. The number of rotatable bonds is 5. The second-order valence-electron chi connectivity index (χ2n) is 4.39. The normalized spacial score (nSPS) is 14.9. The van der Waals surface area contributed by atoms with Crippen LogP contribution in [0.25, 0.3) is 0 Å². The van der Waals surface area contributed by atoms with Crippen LogP contribution in [0.2, 0.25) is 0 Å².